The van der Waals surface area contributed by atoms with Crippen LogP contribution in [0.1, 0.15) is 39.4 Å². The van der Waals surface area contributed by atoms with Crippen LogP contribution in [0.3, 0.4) is 0 Å². The molecule has 1 unspecified atom stereocenters. The number of methoxy groups -OCH3 is 3. The van der Waals surface area contributed by atoms with E-state index in [1.165, 1.54) is 16.7 Å². The van der Waals surface area contributed by atoms with Gasteiger partial charge in [0.1, 0.15) is 24.7 Å². The van der Waals surface area contributed by atoms with E-state index in [4.69, 9.17) is 23.7 Å². The smallest absolute Gasteiger partial charge is 0.203 e. The van der Waals surface area contributed by atoms with Gasteiger partial charge in [-0.3, -0.25) is 4.90 Å². The van der Waals surface area contributed by atoms with Crippen molar-refractivity contribution in [1.82, 2.24) is 4.90 Å². The van der Waals surface area contributed by atoms with Crippen molar-refractivity contribution in [2.75, 3.05) is 27.9 Å². The van der Waals surface area contributed by atoms with Gasteiger partial charge in [0.2, 0.25) is 5.75 Å². The summed E-state index contributed by atoms with van der Waals surface area (Å²) in [5.74, 6) is 3.55. The van der Waals surface area contributed by atoms with Crippen LogP contribution in [0.15, 0.2) is 115 Å². The first kappa shape index (κ1) is 31.1. The molecule has 5 aromatic carbocycles. The van der Waals surface area contributed by atoms with Gasteiger partial charge >= 0.3 is 0 Å². The fourth-order valence-electron chi connectivity index (χ4n) is 6.22. The summed E-state index contributed by atoms with van der Waals surface area (Å²) in [6, 6.07) is 39.7. The molecule has 0 N–H and O–H groups in total. The highest BCUT2D eigenvalue weighted by atomic mass is 16.5. The minimum absolute atomic E-state index is 0.0473. The molecule has 0 saturated heterocycles. The van der Waals surface area contributed by atoms with Crippen molar-refractivity contribution >= 4 is 0 Å². The summed E-state index contributed by atoms with van der Waals surface area (Å²) in [5, 5.41) is 0. The maximum absolute atomic E-state index is 6.58. The second-order valence-corrected chi connectivity index (χ2v) is 11.5. The van der Waals surface area contributed by atoms with Gasteiger partial charge in [-0.1, -0.05) is 91.0 Å². The first-order chi connectivity index (χ1) is 22.6. The molecule has 236 valence electrons. The number of nitrogens with zero attached hydrogens (tertiary/aromatic N) is 1. The highest BCUT2D eigenvalue weighted by Gasteiger charge is 2.31. The molecule has 0 radical (unpaired) electrons. The van der Waals surface area contributed by atoms with Crippen LogP contribution >= 0.6 is 0 Å². The molecule has 6 nitrogen and oxygen atoms in total. The number of benzene rings is 5. The lowest BCUT2D eigenvalue weighted by molar-refractivity contribution is 0.170. The molecule has 0 aromatic heterocycles. The first-order valence-electron chi connectivity index (χ1n) is 15.7. The summed E-state index contributed by atoms with van der Waals surface area (Å²) < 4.78 is 30.1. The highest BCUT2D eigenvalue weighted by molar-refractivity contribution is 5.55. The molecule has 6 rings (SSSR count). The zero-order chi connectivity index (χ0) is 31.7. The predicted molar refractivity (Wildman–Crippen MR) is 181 cm³/mol. The summed E-state index contributed by atoms with van der Waals surface area (Å²) >= 11 is 0. The summed E-state index contributed by atoms with van der Waals surface area (Å²) in [6.45, 7) is 2.68. The number of hydrogen-bond donors (Lipinski definition) is 0. The van der Waals surface area contributed by atoms with Crippen LogP contribution in [0.25, 0.3) is 0 Å². The molecule has 1 heterocycles. The van der Waals surface area contributed by atoms with Crippen LogP contribution in [0.2, 0.25) is 0 Å². The van der Waals surface area contributed by atoms with Crippen LogP contribution in [-0.2, 0) is 32.6 Å². The van der Waals surface area contributed by atoms with Crippen LogP contribution in [0.5, 0.6) is 28.7 Å². The van der Waals surface area contributed by atoms with Crippen molar-refractivity contribution < 1.29 is 23.7 Å². The van der Waals surface area contributed by atoms with Gasteiger partial charge in [-0.15, -0.1) is 0 Å². The number of fused-ring (bicyclic) bond motifs is 1. The Kier molecular flexibility index (Phi) is 10.1. The topological polar surface area (TPSA) is 49.4 Å². The monoisotopic (exact) mass is 615 g/mol. The summed E-state index contributed by atoms with van der Waals surface area (Å²) in [4.78, 5) is 2.56. The lowest BCUT2D eigenvalue weighted by Crippen LogP contribution is -2.36. The van der Waals surface area contributed by atoms with Crippen LogP contribution in [0, 0.1) is 0 Å². The minimum Gasteiger partial charge on any atom is -0.493 e. The molecule has 0 fully saturated rings. The van der Waals surface area contributed by atoms with Gasteiger partial charge in [-0.05, 0) is 58.9 Å². The van der Waals surface area contributed by atoms with E-state index in [2.05, 4.69) is 83.8 Å². The van der Waals surface area contributed by atoms with Gasteiger partial charge in [0.15, 0.2) is 11.5 Å². The molecule has 46 heavy (non-hydrogen) atoms. The zero-order valence-electron chi connectivity index (χ0n) is 26.8. The second kappa shape index (κ2) is 14.9. The fraction of sp³-hybridized carbons (Fsp3) is 0.250. The molecular weight excluding hydrogens is 574 g/mol. The molecule has 0 aliphatic carbocycles. The molecule has 0 amide bonds. The van der Waals surface area contributed by atoms with Gasteiger partial charge in [0.25, 0.3) is 0 Å². The van der Waals surface area contributed by atoms with Crippen molar-refractivity contribution in [2.24, 2.45) is 0 Å². The minimum atomic E-state index is 0.0473. The Hall–Kier alpha value is -4.94. The van der Waals surface area contributed by atoms with E-state index in [1.54, 1.807) is 21.3 Å². The van der Waals surface area contributed by atoms with Crippen molar-refractivity contribution in [2.45, 2.75) is 38.6 Å². The van der Waals surface area contributed by atoms with Crippen LogP contribution < -0.4 is 23.7 Å². The number of hydrogen-bond acceptors (Lipinski definition) is 6. The van der Waals surface area contributed by atoms with Crippen molar-refractivity contribution in [3.8, 4) is 28.7 Å². The summed E-state index contributed by atoms with van der Waals surface area (Å²) in [7, 11) is 4.95. The maximum Gasteiger partial charge on any atom is 0.203 e. The predicted octanol–water partition coefficient (Wildman–Crippen LogP) is 8.21. The van der Waals surface area contributed by atoms with Gasteiger partial charge in [0, 0.05) is 30.8 Å². The molecule has 0 bridgehead atoms. The Morgan fingerprint density at radius 3 is 1.72 bits per heavy atom. The molecule has 0 spiro atoms. The zero-order valence-corrected chi connectivity index (χ0v) is 26.8. The summed E-state index contributed by atoms with van der Waals surface area (Å²) in [5.41, 5.74) is 7.05. The average Bonchev–Trinajstić information content (AvgIpc) is 3.11. The third-order valence-electron chi connectivity index (χ3n) is 8.53. The quantitative estimate of drug-likeness (QED) is 0.133. The van der Waals surface area contributed by atoms with Gasteiger partial charge in [-0.2, -0.15) is 0 Å². The normalized spacial score (nSPS) is 14.3. The Morgan fingerprint density at radius 1 is 0.587 bits per heavy atom. The SMILES string of the molecule is COc1cc(CC2c3cc(OCc4ccccc4)cc(OCc4ccccc4)c3CCN2Cc2ccccc2)cc(OC)c1OC. The van der Waals surface area contributed by atoms with Gasteiger partial charge in [0.05, 0.1) is 21.3 Å². The van der Waals surface area contributed by atoms with Crippen molar-refractivity contribution in [3.05, 3.63) is 149 Å². The van der Waals surface area contributed by atoms with E-state index in [9.17, 15) is 0 Å². The van der Waals surface area contributed by atoms with E-state index in [0.29, 0.717) is 30.5 Å². The van der Waals surface area contributed by atoms with E-state index in [-0.39, 0.29) is 6.04 Å². The Bertz CT molecular complexity index is 1680. The molecule has 1 aliphatic heterocycles. The average molecular weight is 616 g/mol. The molecule has 5 aromatic rings. The van der Waals surface area contributed by atoms with Crippen LogP contribution in [0.4, 0.5) is 0 Å². The van der Waals surface area contributed by atoms with Gasteiger partial charge in [-0.25, -0.2) is 0 Å². The van der Waals surface area contributed by atoms with Crippen molar-refractivity contribution in [3.63, 3.8) is 0 Å². The Morgan fingerprint density at radius 2 is 1.15 bits per heavy atom. The Balaban J connectivity index is 1.41. The van der Waals surface area contributed by atoms with Crippen LogP contribution in [-0.4, -0.2) is 32.8 Å². The summed E-state index contributed by atoms with van der Waals surface area (Å²) in [6.07, 6.45) is 1.60. The fourth-order valence-corrected chi connectivity index (χ4v) is 6.22. The second-order valence-electron chi connectivity index (χ2n) is 11.5. The first-order valence-corrected chi connectivity index (χ1v) is 15.7. The van der Waals surface area contributed by atoms with Gasteiger partial charge < -0.3 is 23.7 Å². The van der Waals surface area contributed by atoms with E-state index < -0.39 is 0 Å². The highest BCUT2D eigenvalue weighted by Crippen LogP contribution is 2.44. The Labute approximate surface area is 272 Å². The van der Waals surface area contributed by atoms with E-state index in [1.807, 2.05) is 36.4 Å². The molecule has 1 aliphatic rings. The number of rotatable bonds is 13. The maximum atomic E-state index is 6.58. The van der Waals surface area contributed by atoms with E-state index in [0.717, 1.165) is 54.1 Å². The standard InChI is InChI=1S/C40H41NO5/c1-42-38-22-32(23-39(43-2)40(38)44-3)21-36-35-24-33(45-27-30-15-9-5-10-16-30)25-37(46-28-31-17-11-6-12-18-31)34(35)19-20-41(36)26-29-13-7-4-8-14-29/h4-18,22-25,36H,19-21,26-28H2,1-3H3. The molecule has 1 atom stereocenters. The molecule has 6 heteroatoms. The third kappa shape index (κ3) is 7.30. The lowest BCUT2D eigenvalue weighted by atomic mass is 9.87. The van der Waals surface area contributed by atoms with Crippen molar-refractivity contribution in [1.29, 1.82) is 0 Å². The largest absolute Gasteiger partial charge is 0.493 e. The third-order valence-corrected chi connectivity index (χ3v) is 8.53. The van der Waals surface area contributed by atoms with E-state index >= 15 is 0 Å². The lowest BCUT2D eigenvalue weighted by Gasteiger charge is -2.38. The molecular formula is C40H41NO5. The number of ether oxygens (including phenoxy) is 5. The molecule has 0 saturated carbocycles.